The second kappa shape index (κ2) is 1.82. The lowest BCUT2D eigenvalue weighted by atomic mass is 10.6. The van der Waals surface area contributed by atoms with Crippen LogP contribution in [-0.2, 0) is 4.79 Å². The van der Waals surface area contributed by atoms with Gasteiger partial charge >= 0.3 is 0 Å². The maximum Gasteiger partial charge on any atom is 0.152 e. The number of nitrogens with zero attached hydrogens (tertiary/aromatic N) is 1. The summed E-state index contributed by atoms with van der Waals surface area (Å²) in [5.41, 5.74) is 0.407. The minimum Gasteiger partial charge on any atom is -0.300 e. The van der Waals surface area contributed by atoms with E-state index in [1.165, 1.54) is 6.21 Å². The SMILES string of the molecule is O=C=C1C=NSN1. The lowest BCUT2D eigenvalue weighted by molar-refractivity contribution is 0.567. The van der Waals surface area contributed by atoms with Crippen LogP contribution in [0.15, 0.2) is 10.1 Å². The highest BCUT2D eigenvalue weighted by atomic mass is 32.2. The van der Waals surface area contributed by atoms with Gasteiger partial charge in [-0.15, -0.1) is 0 Å². The molecule has 0 atom stereocenters. The van der Waals surface area contributed by atoms with Crippen LogP contribution < -0.4 is 4.72 Å². The van der Waals surface area contributed by atoms with Crippen molar-refractivity contribution in [1.82, 2.24) is 4.72 Å². The zero-order valence-electron chi connectivity index (χ0n) is 3.34. The third-order valence-corrected chi connectivity index (χ3v) is 1.02. The summed E-state index contributed by atoms with van der Waals surface area (Å²) in [7, 11) is 0. The summed E-state index contributed by atoms with van der Waals surface area (Å²) in [4.78, 5) is 9.68. The van der Waals surface area contributed by atoms with Crippen molar-refractivity contribution < 1.29 is 4.79 Å². The van der Waals surface area contributed by atoms with Crippen molar-refractivity contribution in [2.45, 2.75) is 0 Å². The third kappa shape index (κ3) is 0.824. The molecule has 0 aromatic heterocycles. The standard InChI is InChI=1S/C3H2N2OS/c6-2-3-1-4-7-5-3/h1,5H. The molecule has 0 amide bonds. The van der Waals surface area contributed by atoms with Crippen LogP contribution in [-0.4, -0.2) is 12.2 Å². The van der Waals surface area contributed by atoms with E-state index in [1.54, 1.807) is 5.94 Å². The first-order valence-corrected chi connectivity index (χ1v) is 2.41. The molecule has 0 saturated heterocycles. The van der Waals surface area contributed by atoms with Crippen molar-refractivity contribution >= 4 is 24.3 Å². The van der Waals surface area contributed by atoms with Gasteiger partial charge in [0.25, 0.3) is 0 Å². The first-order chi connectivity index (χ1) is 3.43. The highest BCUT2D eigenvalue weighted by Gasteiger charge is 1.97. The summed E-state index contributed by atoms with van der Waals surface area (Å²) < 4.78 is 6.21. The van der Waals surface area contributed by atoms with Gasteiger partial charge in [-0.1, -0.05) is 0 Å². The molecule has 1 heterocycles. The van der Waals surface area contributed by atoms with Crippen LogP contribution in [0.4, 0.5) is 0 Å². The molecule has 7 heavy (non-hydrogen) atoms. The molecule has 4 heteroatoms. The van der Waals surface area contributed by atoms with Crippen LogP contribution in [0.2, 0.25) is 0 Å². The zero-order chi connectivity index (χ0) is 5.11. The molecule has 0 fully saturated rings. The zero-order valence-corrected chi connectivity index (χ0v) is 4.16. The summed E-state index contributed by atoms with van der Waals surface area (Å²) in [6.45, 7) is 0. The van der Waals surface area contributed by atoms with E-state index >= 15 is 0 Å². The molecule has 0 bridgehead atoms. The van der Waals surface area contributed by atoms with E-state index in [1.807, 2.05) is 0 Å². The molecule has 0 aliphatic carbocycles. The number of hydrogen-bond donors (Lipinski definition) is 1. The topological polar surface area (TPSA) is 41.5 Å². The smallest absolute Gasteiger partial charge is 0.152 e. The van der Waals surface area contributed by atoms with Crippen LogP contribution in [0.5, 0.6) is 0 Å². The van der Waals surface area contributed by atoms with E-state index in [2.05, 4.69) is 9.12 Å². The molecule has 0 aromatic rings. The average Bonchev–Trinajstić information content (AvgIpc) is 2.14. The van der Waals surface area contributed by atoms with E-state index in [9.17, 15) is 4.79 Å². The summed E-state index contributed by atoms with van der Waals surface area (Å²) in [6.07, 6.45) is 1.43. The monoisotopic (exact) mass is 114 g/mol. The molecule has 1 aliphatic rings. The van der Waals surface area contributed by atoms with Crippen molar-refractivity contribution in [1.29, 1.82) is 0 Å². The predicted octanol–water partition coefficient (Wildman–Crippen LogP) is -0.0609. The highest BCUT2D eigenvalue weighted by molar-refractivity contribution is 7.96. The summed E-state index contributed by atoms with van der Waals surface area (Å²) >= 11 is 1.13. The predicted molar refractivity (Wildman–Crippen MR) is 28.4 cm³/mol. The average molecular weight is 114 g/mol. The lowest BCUT2D eigenvalue weighted by Crippen LogP contribution is -1.96. The highest BCUT2D eigenvalue weighted by Crippen LogP contribution is 2.03. The van der Waals surface area contributed by atoms with Crippen LogP contribution in [0.25, 0.3) is 0 Å². The van der Waals surface area contributed by atoms with Gasteiger partial charge in [-0.25, -0.2) is 9.19 Å². The maximum absolute atomic E-state index is 9.68. The van der Waals surface area contributed by atoms with Gasteiger partial charge in [-0.3, -0.25) is 4.72 Å². The molecular formula is C3H2N2OS. The Morgan fingerprint density at radius 3 is 3.14 bits per heavy atom. The van der Waals surface area contributed by atoms with Crippen LogP contribution in [0, 0.1) is 0 Å². The Morgan fingerprint density at radius 2 is 2.86 bits per heavy atom. The van der Waals surface area contributed by atoms with Crippen molar-refractivity contribution in [2.24, 2.45) is 4.40 Å². The molecule has 36 valence electrons. The quantitative estimate of drug-likeness (QED) is 0.354. The fraction of sp³-hybridized carbons (Fsp3) is 0. The Hall–Kier alpha value is -0.730. The number of carbonyl (C=O) groups excluding carboxylic acids is 1. The van der Waals surface area contributed by atoms with Gasteiger partial charge in [-0.2, -0.15) is 0 Å². The number of nitrogens with one attached hydrogen (secondary N) is 1. The molecule has 0 saturated carbocycles. The molecule has 0 spiro atoms. The Bertz CT molecular complexity index is 147. The number of allylic oxidation sites excluding steroid dienone is 1. The van der Waals surface area contributed by atoms with Crippen molar-refractivity contribution in [2.75, 3.05) is 0 Å². The molecule has 1 rings (SSSR count). The first-order valence-electron chi connectivity index (χ1n) is 1.64. The Kier molecular flexibility index (Phi) is 1.15. The number of rotatable bonds is 0. The van der Waals surface area contributed by atoms with E-state index in [-0.39, 0.29) is 0 Å². The van der Waals surface area contributed by atoms with Gasteiger partial charge < -0.3 is 0 Å². The second-order valence-corrected chi connectivity index (χ2v) is 1.54. The van der Waals surface area contributed by atoms with E-state index < -0.39 is 0 Å². The van der Waals surface area contributed by atoms with Gasteiger partial charge in [0, 0.05) is 0 Å². The van der Waals surface area contributed by atoms with Crippen molar-refractivity contribution in [3.8, 4) is 0 Å². The Morgan fingerprint density at radius 1 is 2.00 bits per heavy atom. The molecule has 3 nitrogen and oxygen atoms in total. The minimum absolute atomic E-state index is 0.407. The fourth-order valence-corrected chi connectivity index (χ4v) is 0.632. The van der Waals surface area contributed by atoms with Gasteiger partial charge in [-0.05, 0) is 0 Å². The lowest BCUT2D eigenvalue weighted by Gasteiger charge is -1.79. The van der Waals surface area contributed by atoms with Crippen LogP contribution in [0.1, 0.15) is 0 Å². The molecule has 0 unspecified atom stereocenters. The largest absolute Gasteiger partial charge is 0.300 e. The Balaban J connectivity index is 2.77. The van der Waals surface area contributed by atoms with Gasteiger partial charge in [0.2, 0.25) is 0 Å². The van der Waals surface area contributed by atoms with Gasteiger partial charge in [0.05, 0.1) is 18.3 Å². The van der Waals surface area contributed by atoms with E-state index in [0.29, 0.717) is 5.70 Å². The van der Waals surface area contributed by atoms with Crippen LogP contribution in [0.3, 0.4) is 0 Å². The third-order valence-electron chi connectivity index (χ3n) is 0.500. The molecule has 0 aromatic carbocycles. The second-order valence-electron chi connectivity index (χ2n) is 0.944. The van der Waals surface area contributed by atoms with E-state index in [0.717, 1.165) is 12.1 Å². The van der Waals surface area contributed by atoms with Gasteiger partial charge in [0.15, 0.2) is 11.6 Å². The summed E-state index contributed by atoms with van der Waals surface area (Å²) in [5.74, 6) is 1.65. The van der Waals surface area contributed by atoms with Crippen LogP contribution >= 0.6 is 12.1 Å². The Labute approximate surface area is 44.8 Å². The summed E-state index contributed by atoms with van der Waals surface area (Å²) in [6, 6.07) is 0. The van der Waals surface area contributed by atoms with Gasteiger partial charge in [0.1, 0.15) is 0 Å². The summed E-state index contributed by atoms with van der Waals surface area (Å²) in [5, 5.41) is 0. The first kappa shape index (κ1) is 4.43. The molecular weight excluding hydrogens is 112 g/mol. The van der Waals surface area contributed by atoms with E-state index in [4.69, 9.17) is 0 Å². The maximum atomic E-state index is 9.68. The molecule has 1 N–H and O–H groups in total. The van der Waals surface area contributed by atoms with Crippen molar-refractivity contribution in [3.63, 3.8) is 0 Å². The number of hydrogen-bond acceptors (Lipinski definition) is 4. The fourth-order valence-electron chi connectivity index (χ4n) is 0.228. The van der Waals surface area contributed by atoms with Crippen molar-refractivity contribution in [3.05, 3.63) is 5.70 Å². The molecule has 0 radical (unpaired) electrons. The normalized spacial score (nSPS) is 16.3. The minimum atomic E-state index is 0.407. The molecule has 1 aliphatic heterocycles.